The number of hydrogen-bond donors (Lipinski definition) is 0. The fourth-order valence-corrected chi connectivity index (χ4v) is 3.85. The van der Waals surface area contributed by atoms with Gasteiger partial charge in [0.05, 0.1) is 0 Å². The number of carbonyl (C=O) groups excluding carboxylic acids is 2. The van der Waals surface area contributed by atoms with Gasteiger partial charge in [0.25, 0.3) is 0 Å². The summed E-state index contributed by atoms with van der Waals surface area (Å²) in [5.41, 5.74) is -1.10. The van der Waals surface area contributed by atoms with Crippen LogP contribution in [0.2, 0.25) is 0 Å². The number of fused-ring (bicyclic) bond motifs is 2. The Bertz CT molecular complexity index is 308. The zero-order chi connectivity index (χ0) is 10.6. The molecule has 2 nitrogen and oxygen atoms in total. The van der Waals surface area contributed by atoms with E-state index in [1.165, 1.54) is 0 Å². The van der Waals surface area contributed by atoms with Crippen LogP contribution in [0.4, 0.5) is 0 Å². The molecule has 2 bridgehead atoms. The fraction of sp³-hybridized carbons (Fsp3) is 0.818. The summed E-state index contributed by atoms with van der Waals surface area (Å²) in [6, 6.07) is 0. The van der Waals surface area contributed by atoms with Crippen molar-refractivity contribution in [2.75, 3.05) is 0 Å². The first-order valence-electron chi connectivity index (χ1n) is 5.16. The first kappa shape index (κ1) is 10.2. The number of halogens is 1. The highest BCUT2D eigenvalue weighted by Crippen LogP contribution is 2.62. The predicted molar refractivity (Wildman–Crippen MR) is 54.0 cm³/mol. The topological polar surface area (TPSA) is 34.1 Å². The van der Waals surface area contributed by atoms with Gasteiger partial charge in [-0.25, -0.2) is 0 Å². The van der Waals surface area contributed by atoms with E-state index in [9.17, 15) is 9.59 Å². The third-order valence-corrected chi connectivity index (χ3v) is 4.84. The van der Waals surface area contributed by atoms with E-state index in [0.29, 0.717) is 18.8 Å². The van der Waals surface area contributed by atoms with E-state index in [4.69, 9.17) is 11.6 Å². The Morgan fingerprint density at radius 3 is 2.57 bits per heavy atom. The highest BCUT2D eigenvalue weighted by molar-refractivity contribution is 6.66. The third-order valence-electron chi connectivity index (χ3n) is 4.52. The molecule has 3 heteroatoms. The number of Topliss-reactive ketones (excluding diaryl/α,β-unsaturated/α-hetero) is 1. The van der Waals surface area contributed by atoms with E-state index in [0.717, 1.165) is 12.8 Å². The molecule has 14 heavy (non-hydrogen) atoms. The molecule has 0 aromatic carbocycles. The molecule has 0 N–H and O–H groups in total. The van der Waals surface area contributed by atoms with E-state index >= 15 is 0 Å². The lowest BCUT2D eigenvalue weighted by Gasteiger charge is -2.44. The standard InChI is InChI=1S/C11H15ClO2/c1-10(2)7-3-4-8(13)11(10,6-5-7)9(12)14/h7H,3-6H2,1-2H3. The van der Waals surface area contributed by atoms with Crippen molar-refractivity contribution in [1.82, 2.24) is 0 Å². The molecular weight excluding hydrogens is 200 g/mol. The Morgan fingerprint density at radius 2 is 2.07 bits per heavy atom. The van der Waals surface area contributed by atoms with Crippen molar-refractivity contribution in [3.63, 3.8) is 0 Å². The molecule has 2 aliphatic rings. The van der Waals surface area contributed by atoms with Gasteiger partial charge in [-0.1, -0.05) is 13.8 Å². The Labute approximate surface area is 89.0 Å². The highest BCUT2D eigenvalue weighted by atomic mass is 35.5. The van der Waals surface area contributed by atoms with Crippen LogP contribution in [0, 0.1) is 16.7 Å². The maximum atomic E-state index is 11.9. The van der Waals surface area contributed by atoms with Crippen molar-refractivity contribution < 1.29 is 9.59 Å². The summed E-state index contributed by atoms with van der Waals surface area (Å²) in [5.74, 6) is 0.555. The highest BCUT2D eigenvalue weighted by Gasteiger charge is 2.64. The van der Waals surface area contributed by atoms with Crippen molar-refractivity contribution in [1.29, 1.82) is 0 Å². The molecule has 0 radical (unpaired) electrons. The van der Waals surface area contributed by atoms with Crippen LogP contribution < -0.4 is 0 Å². The summed E-state index contributed by atoms with van der Waals surface area (Å²) < 4.78 is 0. The molecule has 2 saturated carbocycles. The molecule has 2 aliphatic carbocycles. The second kappa shape index (κ2) is 2.82. The van der Waals surface area contributed by atoms with Crippen LogP contribution in [0.5, 0.6) is 0 Å². The summed E-state index contributed by atoms with van der Waals surface area (Å²) in [7, 11) is 0. The van der Waals surface area contributed by atoms with Gasteiger partial charge in [-0.2, -0.15) is 0 Å². The van der Waals surface area contributed by atoms with Gasteiger partial charge >= 0.3 is 0 Å². The fourth-order valence-electron chi connectivity index (χ4n) is 3.41. The van der Waals surface area contributed by atoms with Crippen molar-refractivity contribution >= 4 is 22.6 Å². The van der Waals surface area contributed by atoms with Gasteiger partial charge in [-0.05, 0) is 42.2 Å². The molecule has 0 aromatic heterocycles. The van der Waals surface area contributed by atoms with Crippen LogP contribution in [0.15, 0.2) is 0 Å². The Balaban J connectivity index is 2.54. The van der Waals surface area contributed by atoms with Gasteiger partial charge in [0.15, 0.2) is 0 Å². The minimum atomic E-state index is -0.864. The normalized spacial score (nSPS) is 39.9. The quantitative estimate of drug-likeness (QED) is 0.497. The Kier molecular flexibility index (Phi) is 2.04. The molecule has 0 aromatic rings. The van der Waals surface area contributed by atoms with Gasteiger partial charge in [0.2, 0.25) is 5.24 Å². The molecular formula is C11H15ClO2. The van der Waals surface area contributed by atoms with Crippen molar-refractivity contribution in [2.24, 2.45) is 16.7 Å². The molecule has 0 heterocycles. The van der Waals surface area contributed by atoms with Crippen molar-refractivity contribution in [3.8, 4) is 0 Å². The first-order valence-corrected chi connectivity index (χ1v) is 5.54. The van der Waals surface area contributed by atoms with Crippen molar-refractivity contribution in [3.05, 3.63) is 0 Å². The van der Waals surface area contributed by atoms with E-state index < -0.39 is 10.7 Å². The van der Waals surface area contributed by atoms with E-state index in [2.05, 4.69) is 0 Å². The number of hydrogen-bond acceptors (Lipinski definition) is 2. The number of carbonyl (C=O) groups is 2. The molecule has 2 fully saturated rings. The second-order valence-electron chi connectivity index (χ2n) is 5.10. The minimum absolute atomic E-state index is 0.0660. The van der Waals surface area contributed by atoms with E-state index in [-0.39, 0.29) is 11.2 Å². The third kappa shape index (κ3) is 0.928. The summed E-state index contributed by atoms with van der Waals surface area (Å²) in [4.78, 5) is 23.5. The zero-order valence-electron chi connectivity index (χ0n) is 8.60. The van der Waals surface area contributed by atoms with Gasteiger partial charge in [0.1, 0.15) is 11.2 Å². The van der Waals surface area contributed by atoms with Crippen LogP contribution in [-0.2, 0) is 9.59 Å². The number of rotatable bonds is 1. The molecule has 0 amide bonds. The van der Waals surface area contributed by atoms with Crippen LogP contribution in [0.25, 0.3) is 0 Å². The van der Waals surface area contributed by atoms with E-state index in [1.807, 2.05) is 13.8 Å². The van der Waals surface area contributed by atoms with Crippen LogP contribution in [0.3, 0.4) is 0 Å². The summed E-state index contributed by atoms with van der Waals surface area (Å²) in [5, 5.41) is -0.435. The molecule has 0 saturated heterocycles. The van der Waals surface area contributed by atoms with Gasteiger partial charge < -0.3 is 0 Å². The first-order chi connectivity index (χ1) is 6.43. The molecule has 2 atom stereocenters. The average Bonchev–Trinajstić information content (AvgIpc) is 2.26. The smallest absolute Gasteiger partial charge is 0.235 e. The molecule has 0 spiro atoms. The van der Waals surface area contributed by atoms with Crippen molar-refractivity contribution in [2.45, 2.75) is 39.5 Å². The lowest BCUT2D eigenvalue weighted by molar-refractivity contribution is -0.147. The second-order valence-corrected chi connectivity index (χ2v) is 5.44. The summed E-state index contributed by atoms with van der Waals surface area (Å²) in [6.07, 6.45) is 3.09. The predicted octanol–water partition coefficient (Wildman–Crippen LogP) is 2.54. The number of ketones is 1. The van der Waals surface area contributed by atoms with Crippen LogP contribution in [-0.4, -0.2) is 11.0 Å². The molecule has 2 rings (SSSR count). The maximum Gasteiger partial charge on any atom is 0.235 e. The Hall–Kier alpha value is -0.370. The monoisotopic (exact) mass is 214 g/mol. The largest absolute Gasteiger partial charge is 0.299 e. The maximum absolute atomic E-state index is 11.9. The lowest BCUT2D eigenvalue weighted by atomic mass is 9.58. The molecule has 2 unspecified atom stereocenters. The van der Waals surface area contributed by atoms with Gasteiger partial charge in [-0.15, -0.1) is 0 Å². The Morgan fingerprint density at radius 1 is 1.43 bits per heavy atom. The summed E-state index contributed by atoms with van der Waals surface area (Å²) >= 11 is 5.66. The SMILES string of the molecule is CC1(C)C2CCC(=O)C1(C(=O)Cl)CC2. The molecule has 78 valence electrons. The lowest BCUT2D eigenvalue weighted by Crippen LogP contribution is -2.50. The van der Waals surface area contributed by atoms with Gasteiger partial charge in [0, 0.05) is 6.42 Å². The van der Waals surface area contributed by atoms with Gasteiger partial charge in [-0.3, -0.25) is 9.59 Å². The van der Waals surface area contributed by atoms with E-state index in [1.54, 1.807) is 0 Å². The van der Waals surface area contributed by atoms with Crippen LogP contribution in [0.1, 0.15) is 39.5 Å². The van der Waals surface area contributed by atoms with Crippen LogP contribution >= 0.6 is 11.6 Å². The molecule has 0 aliphatic heterocycles. The minimum Gasteiger partial charge on any atom is -0.299 e. The summed E-state index contributed by atoms with van der Waals surface area (Å²) in [6.45, 7) is 4.03. The average molecular weight is 215 g/mol. The zero-order valence-corrected chi connectivity index (χ0v) is 9.36.